The highest BCUT2D eigenvalue weighted by molar-refractivity contribution is 4.91. The monoisotopic (exact) mass is 268 g/mol. The molecule has 2 N–H and O–H groups in total. The predicted octanol–water partition coefficient (Wildman–Crippen LogP) is 2.78. The zero-order chi connectivity index (χ0) is 13.9. The first kappa shape index (κ1) is 15.3. The second-order valence-corrected chi connectivity index (χ2v) is 6.93. The molecule has 1 heterocycles. The molecule has 1 aliphatic heterocycles. The lowest BCUT2D eigenvalue weighted by atomic mass is 9.81. The number of nitrogens with zero attached hydrogens (tertiary/aromatic N) is 1. The van der Waals surface area contributed by atoms with Gasteiger partial charge in [0.25, 0.3) is 0 Å². The highest BCUT2D eigenvalue weighted by atomic mass is 16.5. The standard InChI is InChI=1S/C16H32N2O/c1-4-18(14-9-10-19-16(2,3)11-14)15-8-6-5-7-13(15)12-17/h13-15H,4-12,17H2,1-3H3. The molecular weight excluding hydrogens is 236 g/mol. The lowest BCUT2D eigenvalue weighted by molar-refractivity contribution is -0.0940. The Hall–Kier alpha value is -0.120. The minimum Gasteiger partial charge on any atom is -0.375 e. The van der Waals surface area contributed by atoms with E-state index in [0.29, 0.717) is 18.0 Å². The van der Waals surface area contributed by atoms with E-state index in [9.17, 15) is 0 Å². The van der Waals surface area contributed by atoms with Crippen LogP contribution in [-0.4, -0.2) is 42.3 Å². The van der Waals surface area contributed by atoms with Crippen molar-refractivity contribution in [3.8, 4) is 0 Å². The first-order valence-corrected chi connectivity index (χ1v) is 8.17. The van der Waals surface area contributed by atoms with Gasteiger partial charge in [-0.15, -0.1) is 0 Å². The third kappa shape index (κ3) is 3.71. The van der Waals surface area contributed by atoms with Crippen LogP contribution in [0.3, 0.4) is 0 Å². The normalized spacial score (nSPS) is 35.5. The Bertz CT molecular complexity index is 280. The van der Waals surface area contributed by atoms with Crippen molar-refractivity contribution >= 4 is 0 Å². The van der Waals surface area contributed by atoms with Crippen molar-refractivity contribution in [2.45, 2.75) is 77.0 Å². The quantitative estimate of drug-likeness (QED) is 0.852. The van der Waals surface area contributed by atoms with E-state index < -0.39 is 0 Å². The van der Waals surface area contributed by atoms with Gasteiger partial charge in [-0.1, -0.05) is 19.8 Å². The molecule has 3 heteroatoms. The highest BCUT2D eigenvalue weighted by Crippen LogP contribution is 2.34. The molecule has 0 aromatic carbocycles. The largest absolute Gasteiger partial charge is 0.375 e. The van der Waals surface area contributed by atoms with Gasteiger partial charge in [0.05, 0.1) is 5.60 Å². The Balaban J connectivity index is 2.05. The summed E-state index contributed by atoms with van der Waals surface area (Å²) in [6.07, 6.45) is 7.76. The van der Waals surface area contributed by atoms with Crippen LogP contribution in [0.15, 0.2) is 0 Å². The Morgan fingerprint density at radius 1 is 1.21 bits per heavy atom. The van der Waals surface area contributed by atoms with E-state index in [1.807, 2.05) is 0 Å². The average molecular weight is 268 g/mol. The van der Waals surface area contributed by atoms with Gasteiger partial charge in [0.1, 0.15) is 0 Å². The average Bonchev–Trinajstić information content (AvgIpc) is 2.39. The summed E-state index contributed by atoms with van der Waals surface area (Å²) in [4.78, 5) is 2.75. The molecule has 2 fully saturated rings. The van der Waals surface area contributed by atoms with Crippen LogP contribution in [0.1, 0.15) is 59.3 Å². The van der Waals surface area contributed by atoms with Crippen molar-refractivity contribution in [2.24, 2.45) is 11.7 Å². The molecule has 2 rings (SSSR count). The zero-order valence-corrected chi connectivity index (χ0v) is 13.0. The summed E-state index contributed by atoms with van der Waals surface area (Å²) in [5.74, 6) is 0.708. The zero-order valence-electron chi connectivity index (χ0n) is 13.0. The molecule has 112 valence electrons. The van der Waals surface area contributed by atoms with Crippen molar-refractivity contribution in [1.82, 2.24) is 4.90 Å². The van der Waals surface area contributed by atoms with E-state index in [2.05, 4.69) is 25.7 Å². The molecule has 0 aromatic heterocycles. The molecule has 3 nitrogen and oxygen atoms in total. The van der Waals surface area contributed by atoms with Gasteiger partial charge in [-0.05, 0) is 58.5 Å². The van der Waals surface area contributed by atoms with Crippen LogP contribution in [0.2, 0.25) is 0 Å². The third-order valence-electron chi connectivity index (χ3n) is 5.10. The maximum Gasteiger partial charge on any atom is 0.0641 e. The highest BCUT2D eigenvalue weighted by Gasteiger charge is 2.37. The maximum absolute atomic E-state index is 6.02. The molecular formula is C16H32N2O. The minimum absolute atomic E-state index is 0.0449. The van der Waals surface area contributed by atoms with E-state index in [4.69, 9.17) is 10.5 Å². The molecule has 0 aromatic rings. The fourth-order valence-electron chi connectivity index (χ4n) is 4.15. The molecule has 2 aliphatic rings. The van der Waals surface area contributed by atoms with Crippen molar-refractivity contribution in [3.63, 3.8) is 0 Å². The minimum atomic E-state index is 0.0449. The fourth-order valence-corrected chi connectivity index (χ4v) is 4.15. The van der Waals surface area contributed by atoms with Crippen LogP contribution in [0.4, 0.5) is 0 Å². The van der Waals surface area contributed by atoms with E-state index >= 15 is 0 Å². The van der Waals surface area contributed by atoms with Crippen molar-refractivity contribution in [2.75, 3.05) is 19.7 Å². The number of hydrogen-bond donors (Lipinski definition) is 1. The van der Waals surface area contributed by atoms with E-state index in [1.54, 1.807) is 0 Å². The smallest absolute Gasteiger partial charge is 0.0641 e. The Morgan fingerprint density at radius 3 is 2.58 bits per heavy atom. The molecule has 1 saturated carbocycles. The van der Waals surface area contributed by atoms with Gasteiger partial charge in [-0.3, -0.25) is 4.90 Å². The van der Waals surface area contributed by atoms with Gasteiger partial charge < -0.3 is 10.5 Å². The molecule has 1 aliphatic carbocycles. The first-order chi connectivity index (χ1) is 9.07. The summed E-state index contributed by atoms with van der Waals surface area (Å²) in [6, 6.07) is 1.40. The van der Waals surface area contributed by atoms with Gasteiger partial charge in [0, 0.05) is 18.7 Å². The predicted molar refractivity (Wildman–Crippen MR) is 80.2 cm³/mol. The van der Waals surface area contributed by atoms with Crippen LogP contribution >= 0.6 is 0 Å². The van der Waals surface area contributed by atoms with Crippen molar-refractivity contribution in [1.29, 1.82) is 0 Å². The summed E-state index contributed by atoms with van der Waals surface area (Å²) >= 11 is 0. The van der Waals surface area contributed by atoms with Crippen LogP contribution in [0, 0.1) is 5.92 Å². The summed E-state index contributed by atoms with van der Waals surface area (Å²) in [6.45, 7) is 9.69. The summed E-state index contributed by atoms with van der Waals surface area (Å²) < 4.78 is 5.88. The molecule has 3 atom stereocenters. The van der Waals surface area contributed by atoms with Crippen LogP contribution < -0.4 is 5.73 Å². The summed E-state index contributed by atoms with van der Waals surface area (Å²) in [5, 5.41) is 0. The first-order valence-electron chi connectivity index (χ1n) is 8.17. The lowest BCUT2D eigenvalue weighted by Crippen LogP contribution is -2.53. The molecule has 0 radical (unpaired) electrons. The summed E-state index contributed by atoms with van der Waals surface area (Å²) in [5.41, 5.74) is 6.06. The summed E-state index contributed by atoms with van der Waals surface area (Å²) in [7, 11) is 0. The molecule has 0 spiro atoms. The van der Waals surface area contributed by atoms with Gasteiger partial charge in [-0.25, -0.2) is 0 Å². The van der Waals surface area contributed by atoms with Crippen molar-refractivity contribution in [3.05, 3.63) is 0 Å². The Kier molecular flexibility index (Phi) is 5.27. The third-order valence-corrected chi connectivity index (χ3v) is 5.10. The molecule has 0 amide bonds. The van der Waals surface area contributed by atoms with Gasteiger partial charge in [0.2, 0.25) is 0 Å². The number of nitrogens with two attached hydrogens (primary N) is 1. The van der Waals surface area contributed by atoms with Gasteiger partial charge in [-0.2, -0.15) is 0 Å². The molecule has 19 heavy (non-hydrogen) atoms. The SMILES string of the molecule is CCN(C1CCOC(C)(C)C1)C1CCCCC1CN. The van der Waals surface area contributed by atoms with Crippen LogP contribution in [0.25, 0.3) is 0 Å². The van der Waals surface area contributed by atoms with E-state index in [-0.39, 0.29) is 5.60 Å². The van der Waals surface area contributed by atoms with Crippen LogP contribution in [-0.2, 0) is 4.74 Å². The fraction of sp³-hybridized carbons (Fsp3) is 1.00. The molecule has 3 unspecified atom stereocenters. The van der Waals surface area contributed by atoms with Gasteiger partial charge in [0.15, 0.2) is 0 Å². The van der Waals surface area contributed by atoms with E-state index in [0.717, 1.165) is 26.1 Å². The van der Waals surface area contributed by atoms with E-state index in [1.165, 1.54) is 32.1 Å². The topological polar surface area (TPSA) is 38.5 Å². The van der Waals surface area contributed by atoms with Crippen LogP contribution in [0.5, 0.6) is 0 Å². The maximum atomic E-state index is 6.02. The Morgan fingerprint density at radius 2 is 1.95 bits per heavy atom. The Labute approximate surface area is 118 Å². The molecule has 1 saturated heterocycles. The van der Waals surface area contributed by atoms with Gasteiger partial charge >= 0.3 is 0 Å². The number of hydrogen-bond acceptors (Lipinski definition) is 3. The second kappa shape index (κ2) is 6.55. The second-order valence-electron chi connectivity index (χ2n) is 6.93. The number of rotatable bonds is 4. The molecule has 0 bridgehead atoms. The van der Waals surface area contributed by atoms with Crippen molar-refractivity contribution < 1.29 is 4.74 Å². The lowest BCUT2D eigenvalue weighted by Gasteiger charge is -2.47. The number of ether oxygens (including phenoxy) is 1.